The van der Waals surface area contributed by atoms with Gasteiger partial charge in [-0.2, -0.15) is 0 Å². The second-order valence-electron chi connectivity index (χ2n) is 15.9. The highest BCUT2D eigenvalue weighted by Crippen LogP contribution is 2.39. The molecule has 0 heterocycles. The van der Waals surface area contributed by atoms with E-state index in [4.69, 9.17) is 9.98 Å². The van der Waals surface area contributed by atoms with E-state index in [2.05, 4.69) is 107 Å². The van der Waals surface area contributed by atoms with Crippen LogP contribution in [0.15, 0.2) is 34.3 Å². The fourth-order valence-electron chi connectivity index (χ4n) is 5.31. The Morgan fingerprint density at radius 3 is 1.15 bits per heavy atom. The number of phenols is 2. The molecule has 40 heavy (non-hydrogen) atoms. The van der Waals surface area contributed by atoms with Crippen LogP contribution in [0.5, 0.6) is 11.5 Å². The van der Waals surface area contributed by atoms with E-state index < -0.39 is 0 Å². The molecule has 2 N–H and O–H groups in total. The summed E-state index contributed by atoms with van der Waals surface area (Å²) in [6, 6.07) is 8.53. The van der Waals surface area contributed by atoms with Crippen LogP contribution in [0.25, 0.3) is 0 Å². The molecule has 0 bridgehead atoms. The van der Waals surface area contributed by atoms with E-state index in [0.717, 1.165) is 47.9 Å². The number of aromatic hydroxyl groups is 2. The molecular weight excluding hydrogens is 492 g/mol. The highest BCUT2D eigenvalue weighted by atomic mass is 16.3. The minimum absolute atomic E-state index is 0.0378. The van der Waals surface area contributed by atoms with Gasteiger partial charge < -0.3 is 10.2 Å². The van der Waals surface area contributed by atoms with Crippen molar-refractivity contribution in [3.63, 3.8) is 0 Å². The topological polar surface area (TPSA) is 65.2 Å². The minimum Gasteiger partial charge on any atom is -0.507 e. The monoisotopic (exact) mass is 546 g/mol. The van der Waals surface area contributed by atoms with Crippen LogP contribution in [0.1, 0.15) is 142 Å². The van der Waals surface area contributed by atoms with Crippen LogP contribution in [0.4, 0.5) is 0 Å². The molecule has 1 aliphatic rings. The van der Waals surface area contributed by atoms with Crippen molar-refractivity contribution >= 4 is 12.4 Å². The summed E-state index contributed by atoms with van der Waals surface area (Å²) in [6.07, 6.45) is 7.90. The predicted octanol–water partition coefficient (Wildman–Crippen LogP) is 9.14. The first-order valence-electron chi connectivity index (χ1n) is 15.0. The average molecular weight is 547 g/mol. The van der Waals surface area contributed by atoms with Gasteiger partial charge in [-0.3, -0.25) is 9.98 Å². The summed E-state index contributed by atoms with van der Waals surface area (Å²) < 4.78 is 0. The molecule has 220 valence electrons. The molecule has 0 spiro atoms. The normalized spacial score (nSPS) is 19.6. The predicted molar refractivity (Wildman–Crippen MR) is 172 cm³/mol. The minimum atomic E-state index is -0.179. The number of hydrogen-bond donors (Lipinski definition) is 2. The maximum Gasteiger partial charge on any atom is 0.128 e. The number of phenolic OH excluding ortho intramolecular Hbond substituents is 2. The Labute approximate surface area is 244 Å². The lowest BCUT2D eigenvalue weighted by molar-refractivity contribution is 0.389. The first-order chi connectivity index (χ1) is 18.2. The van der Waals surface area contributed by atoms with Crippen LogP contribution < -0.4 is 0 Å². The van der Waals surface area contributed by atoms with E-state index in [9.17, 15) is 10.2 Å². The standard InChI is InChI=1S/C36H54N2O2/c1-33(2,3)25-17-23(31(39)27(19-25)35(7,8)9)21-37-29-15-13-14-16-30(29)38-22-24-18-26(34(4,5)6)20-28(32(24)40)36(10,11)12/h17-22,29-30,39-40H,13-16H2,1-12H3/t29-,30?/m0/s1. The van der Waals surface area contributed by atoms with Gasteiger partial charge in [0, 0.05) is 34.7 Å². The quantitative estimate of drug-likeness (QED) is 0.376. The average Bonchev–Trinajstić information content (AvgIpc) is 2.80. The van der Waals surface area contributed by atoms with Gasteiger partial charge in [0.2, 0.25) is 0 Å². The molecule has 4 heteroatoms. The lowest BCUT2D eigenvalue weighted by Gasteiger charge is -2.28. The van der Waals surface area contributed by atoms with Crippen molar-refractivity contribution in [2.75, 3.05) is 0 Å². The number of nitrogens with zero attached hydrogens (tertiary/aromatic N) is 2. The summed E-state index contributed by atoms with van der Waals surface area (Å²) in [4.78, 5) is 10.1. The third kappa shape index (κ3) is 7.56. The second-order valence-corrected chi connectivity index (χ2v) is 15.9. The molecule has 1 aliphatic carbocycles. The van der Waals surface area contributed by atoms with E-state index in [-0.39, 0.29) is 33.7 Å². The Hall–Kier alpha value is -2.62. The molecule has 2 aromatic carbocycles. The summed E-state index contributed by atoms with van der Waals surface area (Å²) in [7, 11) is 0. The van der Waals surface area contributed by atoms with E-state index >= 15 is 0 Å². The van der Waals surface area contributed by atoms with Crippen molar-refractivity contribution in [3.8, 4) is 11.5 Å². The van der Waals surface area contributed by atoms with Crippen LogP contribution >= 0.6 is 0 Å². The van der Waals surface area contributed by atoms with Gasteiger partial charge in [0.25, 0.3) is 0 Å². The summed E-state index contributed by atoms with van der Waals surface area (Å²) in [5, 5.41) is 22.5. The van der Waals surface area contributed by atoms with Crippen LogP contribution in [-0.2, 0) is 21.7 Å². The zero-order valence-corrected chi connectivity index (χ0v) is 27.2. The van der Waals surface area contributed by atoms with Gasteiger partial charge in [0.15, 0.2) is 0 Å². The Kier molecular flexibility index (Phi) is 9.04. The molecular formula is C36H54N2O2. The van der Waals surface area contributed by atoms with Crippen LogP contribution in [-0.4, -0.2) is 34.7 Å². The van der Waals surface area contributed by atoms with Crippen molar-refractivity contribution in [1.29, 1.82) is 0 Å². The van der Waals surface area contributed by atoms with Crippen molar-refractivity contribution in [1.82, 2.24) is 0 Å². The fraction of sp³-hybridized carbons (Fsp3) is 0.611. The maximum absolute atomic E-state index is 11.2. The molecule has 1 unspecified atom stereocenters. The van der Waals surface area contributed by atoms with Gasteiger partial charge in [0.1, 0.15) is 11.5 Å². The molecule has 0 saturated heterocycles. The summed E-state index contributed by atoms with van der Waals surface area (Å²) >= 11 is 0. The molecule has 3 rings (SSSR count). The van der Waals surface area contributed by atoms with E-state index in [1.54, 1.807) is 0 Å². The zero-order chi connectivity index (χ0) is 30.3. The zero-order valence-electron chi connectivity index (χ0n) is 27.2. The van der Waals surface area contributed by atoms with Gasteiger partial charge in [0.05, 0.1) is 12.1 Å². The van der Waals surface area contributed by atoms with Crippen LogP contribution in [0.2, 0.25) is 0 Å². The summed E-state index contributed by atoms with van der Waals surface area (Å²) in [5.41, 5.74) is 5.39. The molecule has 2 atom stereocenters. The largest absolute Gasteiger partial charge is 0.507 e. The third-order valence-electron chi connectivity index (χ3n) is 8.13. The summed E-state index contributed by atoms with van der Waals surface area (Å²) in [5.74, 6) is 0.637. The molecule has 1 fully saturated rings. The van der Waals surface area contributed by atoms with Crippen LogP contribution in [0.3, 0.4) is 0 Å². The van der Waals surface area contributed by atoms with Gasteiger partial charge in [-0.05, 0) is 57.8 Å². The molecule has 1 saturated carbocycles. The van der Waals surface area contributed by atoms with Crippen molar-refractivity contribution in [3.05, 3.63) is 57.6 Å². The Morgan fingerprint density at radius 1 is 0.550 bits per heavy atom. The SMILES string of the molecule is CC(C)(C)c1cc(C=NC2CCCC[C@@H]2N=Cc2cc(C(C)(C)C)cc(C(C)(C)C)c2O)c(O)c(C(C)(C)C)c1. The highest BCUT2D eigenvalue weighted by molar-refractivity contribution is 5.86. The van der Waals surface area contributed by atoms with Crippen molar-refractivity contribution in [2.45, 2.75) is 143 Å². The van der Waals surface area contributed by atoms with E-state index in [0.29, 0.717) is 11.5 Å². The third-order valence-corrected chi connectivity index (χ3v) is 8.13. The fourth-order valence-corrected chi connectivity index (χ4v) is 5.31. The van der Waals surface area contributed by atoms with Gasteiger partial charge in [-0.1, -0.05) is 108 Å². The highest BCUT2D eigenvalue weighted by Gasteiger charge is 2.28. The van der Waals surface area contributed by atoms with E-state index in [1.807, 2.05) is 12.4 Å². The molecule has 4 nitrogen and oxygen atoms in total. The Bertz CT molecular complexity index is 1160. The first-order valence-corrected chi connectivity index (χ1v) is 15.0. The van der Waals surface area contributed by atoms with Crippen molar-refractivity contribution < 1.29 is 10.2 Å². The second kappa shape index (κ2) is 11.3. The van der Waals surface area contributed by atoms with Crippen LogP contribution in [0, 0.1) is 0 Å². The molecule has 2 aromatic rings. The molecule has 0 amide bonds. The maximum atomic E-state index is 11.2. The van der Waals surface area contributed by atoms with Gasteiger partial charge in [-0.15, -0.1) is 0 Å². The van der Waals surface area contributed by atoms with Crippen molar-refractivity contribution in [2.24, 2.45) is 9.98 Å². The molecule has 0 radical (unpaired) electrons. The van der Waals surface area contributed by atoms with Gasteiger partial charge in [-0.25, -0.2) is 0 Å². The smallest absolute Gasteiger partial charge is 0.128 e. The summed E-state index contributed by atoms with van der Waals surface area (Å²) in [6.45, 7) is 26.0. The van der Waals surface area contributed by atoms with Gasteiger partial charge >= 0.3 is 0 Å². The number of benzene rings is 2. The Balaban J connectivity index is 2.00. The number of hydrogen-bond acceptors (Lipinski definition) is 4. The van der Waals surface area contributed by atoms with E-state index in [1.165, 1.54) is 11.1 Å². The number of aliphatic imine (C=N–C) groups is 2. The number of rotatable bonds is 4. The first kappa shape index (κ1) is 31.9. The Morgan fingerprint density at radius 2 is 0.875 bits per heavy atom. The lowest BCUT2D eigenvalue weighted by Crippen LogP contribution is -2.27. The molecule has 0 aliphatic heterocycles. The molecule has 0 aromatic heterocycles. The lowest BCUT2D eigenvalue weighted by atomic mass is 9.79.